The highest BCUT2D eigenvalue weighted by Crippen LogP contribution is 2.45. The minimum absolute atomic E-state index is 0.171. The van der Waals surface area contributed by atoms with Gasteiger partial charge in [0, 0.05) is 11.6 Å². The molecular weight excluding hydrogens is 262 g/mol. The second-order valence-corrected chi connectivity index (χ2v) is 4.78. The molecule has 4 heteroatoms. The zero-order valence-electron chi connectivity index (χ0n) is 10.0. The van der Waals surface area contributed by atoms with Gasteiger partial charge in [-0.3, -0.25) is 5.73 Å². The Hall–Kier alpha value is -1.84. The lowest BCUT2D eigenvalue weighted by molar-refractivity contribution is 0.115. The van der Waals surface area contributed by atoms with Crippen LogP contribution >= 0.6 is 11.6 Å². The van der Waals surface area contributed by atoms with Crippen LogP contribution in [0.4, 0.5) is 4.79 Å². The summed E-state index contributed by atoms with van der Waals surface area (Å²) in [6.07, 6.45) is -0.783. The van der Waals surface area contributed by atoms with E-state index in [1.807, 2.05) is 48.5 Å². The molecule has 1 unspecified atom stereocenters. The van der Waals surface area contributed by atoms with Crippen molar-refractivity contribution in [3.05, 3.63) is 59.7 Å². The zero-order chi connectivity index (χ0) is 13.4. The molecule has 96 valence electrons. The molecule has 0 saturated carbocycles. The van der Waals surface area contributed by atoms with Gasteiger partial charge in [0.25, 0.3) is 0 Å². The van der Waals surface area contributed by atoms with Gasteiger partial charge in [0.05, 0.1) is 5.92 Å². The lowest BCUT2D eigenvalue weighted by atomic mass is 9.95. The molecule has 0 saturated heterocycles. The SMILES string of the molecule is NC(OC(=O)Cl)C1c2ccccc2-c2ccccc21. The van der Waals surface area contributed by atoms with Crippen LogP contribution in [0.2, 0.25) is 0 Å². The van der Waals surface area contributed by atoms with Gasteiger partial charge in [-0.15, -0.1) is 0 Å². The number of ether oxygens (including phenoxy) is 1. The van der Waals surface area contributed by atoms with E-state index in [1.54, 1.807) is 0 Å². The third-order valence-electron chi connectivity index (χ3n) is 3.44. The standard InChI is InChI=1S/C15H12ClNO2/c16-15(18)19-14(17)13-11-7-3-1-5-9(11)10-6-2-4-8-12(10)13/h1-8,13-14H,17H2. The van der Waals surface area contributed by atoms with Crippen LogP contribution in [0.3, 0.4) is 0 Å². The summed E-state index contributed by atoms with van der Waals surface area (Å²) in [7, 11) is 0. The minimum atomic E-state index is -0.880. The molecule has 2 aromatic carbocycles. The zero-order valence-corrected chi connectivity index (χ0v) is 10.8. The summed E-state index contributed by atoms with van der Waals surface area (Å²) in [6, 6.07) is 16.0. The van der Waals surface area contributed by atoms with Gasteiger partial charge in [-0.25, -0.2) is 4.79 Å². The number of halogens is 1. The smallest absolute Gasteiger partial charge is 0.405 e. The summed E-state index contributed by atoms with van der Waals surface area (Å²) in [4.78, 5) is 10.9. The molecule has 0 bridgehead atoms. The van der Waals surface area contributed by atoms with Gasteiger partial charge < -0.3 is 4.74 Å². The fourth-order valence-corrected chi connectivity index (χ4v) is 2.83. The summed E-state index contributed by atoms with van der Waals surface area (Å²) < 4.78 is 4.95. The molecule has 19 heavy (non-hydrogen) atoms. The van der Waals surface area contributed by atoms with Crippen molar-refractivity contribution in [3.8, 4) is 11.1 Å². The van der Waals surface area contributed by atoms with Gasteiger partial charge in [0.2, 0.25) is 0 Å². The molecular formula is C15H12ClNO2. The summed E-state index contributed by atoms with van der Waals surface area (Å²) >= 11 is 5.26. The molecule has 2 N–H and O–H groups in total. The number of carbonyl (C=O) groups is 1. The summed E-state index contributed by atoms with van der Waals surface area (Å²) in [5.41, 5.74) is 9.49. The van der Waals surface area contributed by atoms with Crippen LogP contribution in [0.15, 0.2) is 48.5 Å². The van der Waals surface area contributed by atoms with Gasteiger partial charge >= 0.3 is 5.43 Å². The maximum absolute atomic E-state index is 10.9. The highest BCUT2D eigenvalue weighted by atomic mass is 35.5. The third kappa shape index (κ3) is 2.01. The fourth-order valence-electron chi connectivity index (χ4n) is 2.72. The Kier molecular flexibility index (Phi) is 3.01. The van der Waals surface area contributed by atoms with Crippen LogP contribution in [-0.2, 0) is 4.74 Å². The molecule has 0 fully saturated rings. The Balaban J connectivity index is 2.12. The number of nitrogens with two attached hydrogens (primary N) is 1. The number of rotatable bonds is 2. The lowest BCUT2D eigenvalue weighted by Crippen LogP contribution is -2.32. The van der Waals surface area contributed by atoms with Crippen LogP contribution in [0.5, 0.6) is 0 Å². The van der Waals surface area contributed by atoms with E-state index in [4.69, 9.17) is 22.1 Å². The Morgan fingerprint density at radius 1 is 1.05 bits per heavy atom. The number of carbonyl (C=O) groups excluding carboxylic acids is 1. The topological polar surface area (TPSA) is 52.3 Å². The number of benzene rings is 2. The molecule has 0 amide bonds. The first kappa shape index (κ1) is 12.2. The molecule has 0 spiro atoms. The Labute approximate surface area is 115 Å². The number of hydrogen-bond donors (Lipinski definition) is 1. The first-order valence-electron chi connectivity index (χ1n) is 5.98. The Morgan fingerprint density at radius 3 is 2.00 bits per heavy atom. The highest BCUT2D eigenvalue weighted by molar-refractivity contribution is 6.61. The van der Waals surface area contributed by atoms with Crippen LogP contribution in [0, 0.1) is 0 Å². The van der Waals surface area contributed by atoms with Crippen LogP contribution in [0.25, 0.3) is 11.1 Å². The summed E-state index contributed by atoms with van der Waals surface area (Å²) in [6.45, 7) is 0. The van der Waals surface area contributed by atoms with Crippen molar-refractivity contribution in [2.45, 2.75) is 12.1 Å². The van der Waals surface area contributed by atoms with E-state index in [-0.39, 0.29) is 5.92 Å². The van der Waals surface area contributed by atoms with Crippen molar-refractivity contribution in [2.24, 2.45) is 5.73 Å². The fraction of sp³-hybridized carbons (Fsp3) is 0.133. The van der Waals surface area contributed by atoms with Crippen molar-refractivity contribution < 1.29 is 9.53 Å². The molecule has 1 aliphatic rings. The van der Waals surface area contributed by atoms with Crippen LogP contribution in [0.1, 0.15) is 17.0 Å². The molecule has 0 heterocycles. The molecule has 0 aliphatic heterocycles. The van der Waals surface area contributed by atoms with E-state index < -0.39 is 11.7 Å². The van der Waals surface area contributed by atoms with E-state index in [1.165, 1.54) is 0 Å². The molecule has 0 aromatic heterocycles. The average molecular weight is 274 g/mol. The van der Waals surface area contributed by atoms with E-state index in [0.717, 1.165) is 22.3 Å². The van der Waals surface area contributed by atoms with Crippen molar-refractivity contribution in [1.82, 2.24) is 0 Å². The molecule has 1 aliphatic carbocycles. The molecule has 3 nitrogen and oxygen atoms in total. The largest absolute Gasteiger partial charge is 0.434 e. The van der Waals surface area contributed by atoms with E-state index >= 15 is 0 Å². The van der Waals surface area contributed by atoms with Gasteiger partial charge in [0.1, 0.15) is 0 Å². The van der Waals surface area contributed by atoms with Crippen LogP contribution in [-0.4, -0.2) is 11.7 Å². The van der Waals surface area contributed by atoms with Gasteiger partial charge in [-0.1, -0.05) is 48.5 Å². The van der Waals surface area contributed by atoms with E-state index in [9.17, 15) is 4.79 Å². The van der Waals surface area contributed by atoms with Crippen LogP contribution < -0.4 is 5.73 Å². The number of fused-ring (bicyclic) bond motifs is 3. The number of hydrogen-bond acceptors (Lipinski definition) is 3. The van der Waals surface area contributed by atoms with E-state index in [2.05, 4.69) is 0 Å². The summed E-state index contributed by atoms with van der Waals surface area (Å²) in [5.74, 6) is -0.171. The Bertz CT molecular complexity index is 596. The first-order valence-corrected chi connectivity index (χ1v) is 6.36. The lowest BCUT2D eigenvalue weighted by Gasteiger charge is -2.20. The Morgan fingerprint density at radius 2 is 1.53 bits per heavy atom. The first-order chi connectivity index (χ1) is 9.18. The molecule has 2 aromatic rings. The van der Waals surface area contributed by atoms with Gasteiger partial charge in [-0.05, 0) is 22.3 Å². The minimum Gasteiger partial charge on any atom is -0.434 e. The average Bonchev–Trinajstić information content (AvgIpc) is 2.72. The quantitative estimate of drug-likeness (QED) is 0.673. The monoisotopic (exact) mass is 273 g/mol. The van der Waals surface area contributed by atoms with Crippen molar-refractivity contribution >= 4 is 17.0 Å². The molecule has 0 radical (unpaired) electrons. The van der Waals surface area contributed by atoms with E-state index in [0.29, 0.717) is 0 Å². The molecule has 1 atom stereocenters. The van der Waals surface area contributed by atoms with Gasteiger partial charge in [0.15, 0.2) is 6.23 Å². The maximum Gasteiger partial charge on any atom is 0.405 e. The maximum atomic E-state index is 10.9. The highest BCUT2D eigenvalue weighted by Gasteiger charge is 2.34. The molecule has 3 rings (SSSR count). The second kappa shape index (κ2) is 4.68. The van der Waals surface area contributed by atoms with Crippen molar-refractivity contribution in [3.63, 3.8) is 0 Å². The van der Waals surface area contributed by atoms with Crippen molar-refractivity contribution in [1.29, 1.82) is 0 Å². The normalized spacial score (nSPS) is 14.6. The second-order valence-electron chi connectivity index (χ2n) is 4.47. The predicted molar refractivity (Wildman–Crippen MR) is 74.0 cm³/mol. The van der Waals surface area contributed by atoms with Gasteiger partial charge in [-0.2, -0.15) is 0 Å². The third-order valence-corrected chi connectivity index (χ3v) is 3.53. The summed E-state index contributed by atoms with van der Waals surface area (Å²) in [5, 5.41) is 0. The predicted octanol–water partition coefficient (Wildman–Crippen LogP) is 3.46. The van der Waals surface area contributed by atoms with Crippen molar-refractivity contribution in [2.75, 3.05) is 0 Å².